The lowest BCUT2D eigenvalue weighted by atomic mass is 9.81. The molecule has 0 unspecified atom stereocenters. The van der Waals surface area contributed by atoms with E-state index in [9.17, 15) is 14.7 Å². The van der Waals surface area contributed by atoms with E-state index in [-0.39, 0.29) is 18.4 Å². The van der Waals surface area contributed by atoms with Crippen LogP contribution in [-0.4, -0.2) is 53.0 Å². The van der Waals surface area contributed by atoms with Gasteiger partial charge < -0.3 is 10.0 Å². The highest BCUT2D eigenvalue weighted by Crippen LogP contribution is 2.43. The minimum atomic E-state index is -0.870. The number of nitrogens with zero attached hydrogens (tertiary/aromatic N) is 2. The maximum Gasteiger partial charge on any atom is 0.313 e. The van der Waals surface area contributed by atoms with Crippen molar-refractivity contribution >= 4 is 35.1 Å². The number of amides is 1. The van der Waals surface area contributed by atoms with Crippen molar-refractivity contribution in [3.05, 3.63) is 33.8 Å². The monoisotopic (exact) mass is 356 g/mol. The highest BCUT2D eigenvalue weighted by atomic mass is 35.5. The van der Waals surface area contributed by atoms with Gasteiger partial charge in [-0.05, 0) is 17.7 Å². The van der Waals surface area contributed by atoms with Crippen LogP contribution in [0.2, 0.25) is 10.0 Å². The van der Waals surface area contributed by atoms with Gasteiger partial charge in [0.25, 0.3) is 0 Å². The third-order valence-corrected chi connectivity index (χ3v) is 5.55. The van der Waals surface area contributed by atoms with E-state index >= 15 is 0 Å². The van der Waals surface area contributed by atoms with Crippen molar-refractivity contribution in [3.8, 4) is 0 Å². The molecule has 0 spiro atoms. The van der Waals surface area contributed by atoms with Crippen molar-refractivity contribution in [2.45, 2.75) is 13.5 Å². The molecule has 0 saturated carbocycles. The topological polar surface area (TPSA) is 60.9 Å². The molecule has 2 aliphatic rings. The van der Waals surface area contributed by atoms with Crippen molar-refractivity contribution in [1.82, 2.24) is 9.80 Å². The summed E-state index contributed by atoms with van der Waals surface area (Å²) in [6.07, 6.45) is 0. The van der Waals surface area contributed by atoms with E-state index in [1.165, 1.54) is 6.92 Å². The van der Waals surface area contributed by atoms with Crippen LogP contribution in [0, 0.1) is 11.3 Å². The Morgan fingerprint density at radius 2 is 2.04 bits per heavy atom. The summed E-state index contributed by atoms with van der Waals surface area (Å²) in [5, 5.41) is 10.9. The molecular formula is C16H18Cl2N2O3. The van der Waals surface area contributed by atoms with E-state index in [0.29, 0.717) is 36.2 Å². The Morgan fingerprint density at radius 1 is 1.30 bits per heavy atom. The van der Waals surface area contributed by atoms with Crippen molar-refractivity contribution < 1.29 is 14.7 Å². The fourth-order valence-corrected chi connectivity index (χ4v) is 4.19. The van der Waals surface area contributed by atoms with E-state index in [4.69, 9.17) is 23.2 Å². The minimum Gasteiger partial charge on any atom is -0.481 e. The Kier molecular flexibility index (Phi) is 4.29. The number of fused-ring (bicyclic) bond motifs is 1. The van der Waals surface area contributed by atoms with Gasteiger partial charge in [0, 0.05) is 55.6 Å². The number of hydrogen-bond acceptors (Lipinski definition) is 3. The third kappa shape index (κ3) is 2.93. The SMILES string of the molecule is CC(=O)N1C[C@H]2CN(Cc3ccc(Cl)cc3Cl)C[C@@]2(C(=O)O)C1. The summed E-state index contributed by atoms with van der Waals surface area (Å²) in [5.41, 5.74) is 0.0601. The molecule has 1 aromatic rings. The van der Waals surface area contributed by atoms with Gasteiger partial charge in [0.15, 0.2) is 0 Å². The number of hydrogen-bond donors (Lipinski definition) is 1. The van der Waals surface area contributed by atoms with Crippen molar-refractivity contribution in [2.75, 3.05) is 26.2 Å². The summed E-state index contributed by atoms with van der Waals surface area (Å²) in [7, 11) is 0. The average Bonchev–Trinajstić information content (AvgIpc) is 2.96. The lowest BCUT2D eigenvalue weighted by Gasteiger charge is -2.25. The van der Waals surface area contributed by atoms with Gasteiger partial charge in [-0.3, -0.25) is 14.5 Å². The molecule has 1 amide bonds. The third-order valence-electron chi connectivity index (χ3n) is 4.96. The first-order chi connectivity index (χ1) is 10.8. The second-order valence-electron chi connectivity index (χ2n) is 6.46. The van der Waals surface area contributed by atoms with Gasteiger partial charge in [0.1, 0.15) is 5.41 Å². The summed E-state index contributed by atoms with van der Waals surface area (Å²) < 4.78 is 0. The molecular weight excluding hydrogens is 339 g/mol. The zero-order valence-corrected chi connectivity index (χ0v) is 14.3. The number of likely N-dealkylation sites (tertiary alicyclic amines) is 2. The van der Waals surface area contributed by atoms with Crippen LogP contribution >= 0.6 is 23.2 Å². The first-order valence-electron chi connectivity index (χ1n) is 7.47. The van der Waals surface area contributed by atoms with Crippen LogP contribution in [-0.2, 0) is 16.1 Å². The Balaban J connectivity index is 1.77. The quantitative estimate of drug-likeness (QED) is 0.902. The van der Waals surface area contributed by atoms with Gasteiger partial charge in [-0.1, -0.05) is 29.3 Å². The number of aliphatic carboxylic acids is 1. The van der Waals surface area contributed by atoms with E-state index in [1.54, 1.807) is 17.0 Å². The second-order valence-corrected chi connectivity index (χ2v) is 7.31. The van der Waals surface area contributed by atoms with Crippen LogP contribution in [0.25, 0.3) is 0 Å². The first kappa shape index (κ1) is 16.6. The molecule has 7 heteroatoms. The summed E-state index contributed by atoms with van der Waals surface area (Å²) in [4.78, 5) is 27.2. The summed E-state index contributed by atoms with van der Waals surface area (Å²) >= 11 is 12.1. The zero-order chi connectivity index (χ0) is 16.8. The fraction of sp³-hybridized carbons (Fsp3) is 0.500. The molecule has 2 saturated heterocycles. The maximum absolute atomic E-state index is 11.9. The number of carboxylic acid groups (broad SMARTS) is 1. The van der Waals surface area contributed by atoms with Crippen molar-refractivity contribution in [3.63, 3.8) is 0 Å². The summed E-state index contributed by atoms with van der Waals surface area (Å²) in [5.74, 6) is -0.932. The van der Waals surface area contributed by atoms with Gasteiger partial charge in [0.2, 0.25) is 5.91 Å². The Hall–Kier alpha value is -1.30. The van der Waals surface area contributed by atoms with Crippen LogP contribution < -0.4 is 0 Å². The number of rotatable bonds is 3. The summed E-state index contributed by atoms with van der Waals surface area (Å²) in [6.45, 7) is 3.94. The van der Waals surface area contributed by atoms with Crippen LogP contribution in [0.5, 0.6) is 0 Å². The van der Waals surface area contributed by atoms with E-state index in [2.05, 4.69) is 4.90 Å². The smallest absolute Gasteiger partial charge is 0.313 e. The number of benzene rings is 1. The van der Waals surface area contributed by atoms with Crippen LogP contribution in [0.15, 0.2) is 18.2 Å². The van der Waals surface area contributed by atoms with Crippen LogP contribution in [0.1, 0.15) is 12.5 Å². The molecule has 2 aliphatic heterocycles. The molecule has 0 radical (unpaired) electrons. The van der Waals surface area contributed by atoms with Crippen LogP contribution in [0.3, 0.4) is 0 Å². The largest absolute Gasteiger partial charge is 0.481 e. The Bertz CT molecular complexity index is 667. The fourth-order valence-electron chi connectivity index (χ4n) is 3.72. The van der Waals surface area contributed by atoms with E-state index in [1.807, 2.05) is 6.07 Å². The standard InChI is InChI=1S/C16H18Cl2N2O3/c1-10(21)20-7-12-6-19(8-16(12,9-20)15(22)23)5-11-2-3-13(17)4-14(11)18/h2-4,12H,5-9H2,1H3,(H,22,23)/t12-,16-/m1/s1. The molecule has 0 aliphatic carbocycles. The second kappa shape index (κ2) is 5.96. The highest BCUT2D eigenvalue weighted by Gasteiger charge is 2.58. The molecule has 0 aromatic heterocycles. The molecule has 2 atom stereocenters. The highest BCUT2D eigenvalue weighted by molar-refractivity contribution is 6.35. The lowest BCUT2D eigenvalue weighted by molar-refractivity contribution is -0.149. The van der Waals surface area contributed by atoms with Crippen molar-refractivity contribution in [1.29, 1.82) is 0 Å². The Morgan fingerprint density at radius 3 is 2.61 bits per heavy atom. The molecule has 2 fully saturated rings. The van der Waals surface area contributed by atoms with E-state index in [0.717, 1.165) is 5.56 Å². The molecule has 2 heterocycles. The zero-order valence-electron chi connectivity index (χ0n) is 12.8. The number of carbonyl (C=O) groups excluding carboxylic acids is 1. The summed E-state index contributed by atoms with van der Waals surface area (Å²) in [6, 6.07) is 5.35. The van der Waals surface area contributed by atoms with Gasteiger partial charge in [-0.2, -0.15) is 0 Å². The molecule has 0 bridgehead atoms. The molecule has 1 N–H and O–H groups in total. The van der Waals surface area contributed by atoms with Gasteiger partial charge >= 0.3 is 5.97 Å². The van der Waals surface area contributed by atoms with Crippen molar-refractivity contribution in [2.24, 2.45) is 11.3 Å². The van der Waals surface area contributed by atoms with Gasteiger partial charge in [0.05, 0.1) is 0 Å². The number of carboxylic acids is 1. The molecule has 23 heavy (non-hydrogen) atoms. The maximum atomic E-state index is 11.9. The van der Waals surface area contributed by atoms with Gasteiger partial charge in [-0.15, -0.1) is 0 Å². The minimum absolute atomic E-state index is 0.0463. The van der Waals surface area contributed by atoms with Crippen LogP contribution in [0.4, 0.5) is 0 Å². The average molecular weight is 357 g/mol. The predicted molar refractivity (Wildman–Crippen MR) is 87.6 cm³/mol. The predicted octanol–water partition coefficient (Wildman–Crippen LogP) is 2.36. The first-order valence-corrected chi connectivity index (χ1v) is 8.22. The molecule has 124 valence electrons. The van der Waals surface area contributed by atoms with E-state index < -0.39 is 11.4 Å². The Labute approximate surface area is 144 Å². The lowest BCUT2D eigenvalue weighted by Crippen LogP contribution is -2.41. The molecule has 3 rings (SSSR count). The number of carbonyl (C=O) groups is 2. The molecule has 1 aromatic carbocycles. The normalized spacial score (nSPS) is 27.3. The van der Waals surface area contributed by atoms with Gasteiger partial charge in [-0.25, -0.2) is 0 Å². The molecule has 5 nitrogen and oxygen atoms in total. The number of halogens is 2.